The van der Waals surface area contributed by atoms with Crippen LogP contribution in [0.1, 0.15) is 89.2 Å². The number of nitrogens with one attached hydrogen (secondary N) is 1. The third-order valence-corrected chi connectivity index (χ3v) is 8.38. The second-order valence-electron chi connectivity index (χ2n) is 12.4. The van der Waals surface area contributed by atoms with Gasteiger partial charge in [0.15, 0.2) is 23.2 Å². The van der Waals surface area contributed by atoms with Gasteiger partial charge in [-0.25, -0.2) is 4.79 Å². The molecule has 234 valence electrons. The van der Waals surface area contributed by atoms with Crippen LogP contribution in [0.3, 0.4) is 0 Å². The first-order valence-corrected chi connectivity index (χ1v) is 15.4. The van der Waals surface area contributed by atoms with Gasteiger partial charge in [-0.2, -0.15) is 0 Å². The summed E-state index contributed by atoms with van der Waals surface area (Å²) in [4.78, 5) is 28.9. The van der Waals surface area contributed by atoms with Crippen LogP contribution in [0.15, 0.2) is 24.0 Å². The maximum Gasteiger partial charge on any atom is 0.339 e. The van der Waals surface area contributed by atoms with Crippen LogP contribution >= 0.6 is 0 Å². The summed E-state index contributed by atoms with van der Waals surface area (Å²) in [7, 11) is 1.56. The number of aliphatic hydroxyl groups is 2. The maximum absolute atomic E-state index is 14.0. The van der Waals surface area contributed by atoms with Crippen LogP contribution < -0.4 is 14.8 Å². The number of fused-ring (bicyclic) bond motifs is 2. The van der Waals surface area contributed by atoms with Crippen molar-refractivity contribution in [2.24, 2.45) is 0 Å². The summed E-state index contributed by atoms with van der Waals surface area (Å²) in [6.07, 6.45) is 5.54. The average Bonchev–Trinajstić information content (AvgIpc) is 3.60. The first-order valence-electron chi connectivity index (χ1n) is 15.4. The number of carbonyl (C=O) groups is 2. The van der Waals surface area contributed by atoms with Crippen molar-refractivity contribution in [3.63, 3.8) is 0 Å². The van der Waals surface area contributed by atoms with Crippen LogP contribution in [0.25, 0.3) is 0 Å². The Morgan fingerprint density at radius 2 is 1.88 bits per heavy atom. The highest BCUT2D eigenvalue weighted by atomic mass is 16.7. The Labute approximate surface area is 249 Å². The number of rotatable bonds is 13. The third kappa shape index (κ3) is 7.96. The quantitative estimate of drug-likeness (QED) is 0.234. The third-order valence-electron chi connectivity index (χ3n) is 8.38. The molecule has 3 aliphatic heterocycles. The molecule has 1 fully saturated rings. The summed E-state index contributed by atoms with van der Waals surface area (Å²) in [5.41, 5.74) is -1.01. The van der Waals surface area contributed by atoms with Gasteiger partial charge in [-0.05, 0) is 94.7 Å². The zero-order valence-corrected chi connectivity index (χ0v) is 25.6. The molecule has 3 heterocycles. The molecule has 10 nitrogen and oxygen atoms in total. The molecule has 3 N–H and O–H groups in total. The fourth-order valence-electron chi connectivity index (χ4n) is 5.99. The first kappa shape index (κ1) is 32.1. The molecule has 1 aromatic rings. The van der Waals surface area contributed by atoms with E-state index in [0.717, 1.165) is 43.4 Å². The number of methoxy groups -OCH3 is 1. The van der Waals surface area contributed by atoms with Crippen LogP contribution in [0, 0.1) is 0 Å². The van der Waals surface area contributed by atoms with Gasteiger partial charge in [-0.15, -0.1) is 0 Å². The SMILES string of the molecule is CCC/C=C(/OC)[C@@H](OC(=O)[C@@](O)(CCCC(C)(C)O)CC(=O)N1CCCC1)[C@@H]1CNCCc2cc3c(cc21)OCO3. The number of nitrogens with zero attached hydrogens (tertiary/aromatic N) is 1. The molecule has 0 radical (unpaired) electrons. The highest BCUT2D eigenvalue weighted by molar-refractivity contribution is 5.88. The van der Waals surface area contributed by atoms with Crippen molar-refractivity contribution in [3.05, 3.63) is 35.1 Å². The zero-order chi connectivity index (χ0) is 30.3. The standard InChI is InChI=1S/C32H48N2O8/c1-5-6-10-25(39-4)29(24-20-33-14-11-22-17-26-27(18-23(22)24)41-21-40-26)42-30(36)32(38,13-9-12-31(2,3)37)19-28(35)34-15-7-8-16-34/h10,17-18,24,29,33,37-38H,5-9,11-16,19-21H2,1-4H3/b25-10+/t24-,29+,32-/m1/s1. The molecule has 0 unspecified atom stereocenters. The minimum atomic E-state index is -2.05. The summed E-state index contributed by atoms with van der Waals surface area (Å²) in [5, 5.41) is 25.6. The fourth-order valence-corrected chi connectivity index (χ4v) is 5.99. The lowest BCUT2D eigenvalue weighted by atomic mass is 9.86. The van der Waals surface area contributed by atoms with Crippen LogP contribution in [-0.2, 0) is 25.5 Å². The maximum atomic E-state index is 14.0. The van der Waals surface area contributed by atoms with Crippen LogP contribution in [-0.4, -0.2) is 84.4 Å². The Kier molecular flexibility index (Phi) is 10.8. The van der Waals surface area contributed by atoms with E-state index >= 15 is 0 Å². The van der Waals surface area contributed by atoms with E-state index in [9.17, 15) is 19.8 Å². The number of unbranched alkanes of at least 4 members (excludes halogenated alkanes) is 1. The smallest absolute Gasteiger partial charge is 0.339 e. The fraction of sp³-hybridized carbons (Fsp3) is 0.688. The molecule has 0 aromatic heterocycles. The van der Waals surface area contributed by atoms with Crippen molar-refractivity contribution >= 4 is 11.9 Å². The molecule has 1 saturated heterocycles. The molecule has 3 aliphatic rings. The van der Waals surface area contributed by atoms with Crippen molar-refractivity contribution in [1.29, 1.82) is 0 Å². The van der Waals surface area contributed by atoms with Gasteiger partial charge in [0.2, 0.25) is 12.7 Å². The van der Waals surface area contributed by atoms with Gasteiger partial charge in [0.05, 0.1) is 19.1 Å². The summed E-state index contributed by atoms with van der Waals surface area (Å²) in [6, 6.07) is 3.94. The molecule has 42 heavy (non-hydrogen) atoms. The average molecular weight is 589 g/mol. The number of esters is 1. The molecule has 0 spiro atoms. The van der Waals surface area contributed by atoms with E-state index < -0.39 is 23.3 Å². The molecule has 0 bridgehead atoms. The zero-order valence-electron chi connectivity index (χ0n) is 25.6. The second-order valence-corrected chi connectivity index (χ2v) is 12.4. The Balaban J connectivity index is 1.67. The predicted molar refractivity (Wildman–Crippen MR) is 157 cm³/mol. The lowest BCUT2D eigenvalue weighted by molar-refractivity contribution is -0.176. The van der Waals surface area contributed by atoms with Crippen molar-refractivity contribution in [3.8, 4) is 11.5 Å². The number of ether oxygens (including phenoxy) is 4. The van der Waals surface area contributed by atoms with E-state index in [2.05, 4.69) is 12.2 Å². The Bertz CT molecular complexity index is 1120. The molecule has 1 aromatic carbocycles. The number of likely N-dealkylation sites (tertiary alicyclic amines) is 1. The largest absolute Gasteiger partial charge is 0.497 e. The van der Waals surface area contributed by atoms with Crippen molar-refractivity contribution < 1.29 is 38.7 Å². The molecular weight excluding hydrogens is 540 g/mol. The summed E-state index contributed by atoms with van der Waals surface area (Å²) >= 11 is 0. The number of allylic oxidation sites excluding steroid dienone is 1. The van der Waals surface area contributed by atoms with Crippen molar-refractivity contribution in [2.45, 2.75) is 102 Å². The number of carbonyl (C=O) groups excluding carboxylic acids is 2. The minimum absolute atomic E-state index is 0.0126. The Hall–Kier alpha value is -2.82. The van der Waals surface area contributed by atoms with E-state index in [-0.39, 0.29) is 31.5 Å². The second kappa shape index (κ2) is 14.1. The number of benzene rings is 1. The summed E-state index contributed by atoms with van der Waals surface area (Å²) in [5.74, 6) is 0.349. The number of amides is 1. The minimum Gasteiger partial charge on any atom is -0.497 e. The molecule has 10 heteroatoms. The predicted octanol–water partition coefficient (Wildman–Crippen LogP) is 3.57. The number of hydrogen-bond donors (Lipinski definition) is 3. The van der Waals surface area contributed by atoms with Crippen LogP contribution in [0.4, 0.5) is 0 Å². The van der Waals surface area contributed by atoms with Gasteiger partial charge in [-0.3, -0.25) is 4.79 Å². The van der Waals surface area contributed by atoms with Gasteiger partial charge < -0.3 is 39.4 Å². The van der Waals surface area contributed by atoms with E-state index in [1.165, 1.54) is 0 Å². The molecule has 3 atom stereocenters. The van der Waals surface area contributed by atoms with E-state index in [4.69, 9.17) is 18.9 Å². The van der Waals surface area contributed by atoms with Crippen molar-refractivity contribution in [2.75, 3.05) is 40.1 Å². The Morgan fingerprint density at radius 3 is 2.55 bits per heavy atom. The lowest BCUT2D eigenvalue weighted by Crippen LogP contribution is -2.48. The summed E-state index contributed by atoms with van der Waals surface area (Å²) in [6.45, 7) is 8.04. The van der Waals surface area contributed by atoms with Gasteiger partial charge >= 0.3 is 5.97 Å². The Morgan fingerprint density at radius 1 is 1.17 bits per heavy atom. The molecule has 1 amide bonds. The normalized spacial score (nSPS) is 20.9. The first-order chi connectivity index (χ1) is 20.0. The van der Waals surface area contributed by atoms with E-state index in [0.29, 0.717) is 56.2 Å². The lowest BCUT2D eigenvalue weighted by Gasteiger charge is -2.34. The monoisotopic (exact) mass is 588 g/mol. The molecule has 0 aliphatic carbocycles. The molecule has 4 rings (SSSR count). The van der Waals surface area contributed by atoms with Gasteiger partial charge in [0.1, 0.15) is 5.76 Å². The van der Waals surface area contributed by atoms with Crippen molar-refractivity contribution in [1.82, 2.24) is 10.2 Å². The van der Waals surface area contributed by atoms with Gasteiger partial charge in [0, 0.05) is 25.6 Å². The molecular formula is C32H48N2O8. The summed E-state index contributed by atoms with van der Waals surface area (Å²) < 4.78 is 23.4. The highest BCUT2D eigenvalue weighted by Gasteiger charge is 2.45. The van der Waals surface area contributed by atoms with Gasteiger partial charge in [-0.1, -0.05) is 13.3 Å². The molecule has 0 saturated carbocycles. The van der Waals surface area contributed by atoms with Crippen LogP contribution in [0.2, 0.25) is 0 Å². The van der Waals surface area contributed by atoms with Crippen LogP contribution in [0.5, 0.6) is 11.5 Å². The highest BCUT2D eigenvalue weighted by Crippen LogP contribution is 2.41. The van der Waals surface area contributed by atoms with E-state index in [1.807, 2.05) is 18.2 Å². The van der Waals surface area contributed by atoms with Gasteiger partial charge in [0.25, 0.3) is 0 Å². The number of hydrogen-bond acceptors (Lipinski definition) is 9. The van der Waals surface area contributed by atoms with E-state index in [1.54, 1.807) is 25.9 Å². The topological polar surface area (TPSA) is 127 Å².